The fourth-order valence-corrected chi connectivity index (χ4v) is 2.08. The van der Waals surface area contributed by atoms with E-state index in [4.69, 9.17) is 9.47 Å². The molecule has 1 saturated heterocycles. The van der Waals surface area contributed by atoms with Crippen LogP contribution >= 0.6 is 0 Å². The number of H-pyrrole nitrogens is 1. The molecular weight excluding hydrogens is 234 g/mol. The van der Waals surface area contributed by atoms with Gasteiger partial charge in [-0.2, -0.15) is 0 Å². The Bertz CT molecular complexity index is 458. The highest BCUT2D eigenvalue weighted by atomic mass is 16.6. The van der Waals surface area contributed by atoms with Crippen molar-refractivity contribution in [3.05, 3.63) is 23.0 Å². The van der Waals surface area contributed by atoms with Crippen LogP contribution in [-0.4, -0.2) is 36.1 Å². The van der Waals surface area contributed by atoms with E-state index in [0.29, 0.717) is 18.6 Å². The molecule has 98 valence electrons. The van der Waals surface area contributed by atoms with E-state index < -0.39 is 12.1 Å². The van der Waals surface area contributed by atoms with E-state index in [1.54, 1.807) is 6.07 Å². The molecule has 1 atom stereocenters. The van der Waals surface area contributed by atoms with Gasteiger partial charge in [0.15, 0.2) is 12.7 Å². The number of rotatable bonds is 4. The molecule has 1 N–H and O–H groups in total. The second-order valence-corrected chi connectivity index (χ2v) is 4.52. The highest BCUT2D eigenvalue weighted by Crippen LogP contribution is 2.14. The number of aromatic amines is 1. The molecule has 0 amide bonds. The Morgan fingerprint density at radius 1 is 1.50 bits per heavy atom. The van der Waals surface area contributed by atoms with Gasteiger partial charge in [-0.15, -0.1) is 0 Å². The molecule has 0 radical (unpaired) electrons. The van der Waals surface area contributed by atoms with E-state index in [-0.39, 0.29) is 12.4 Å². The standard InChI is InChI=1S/C13H17NO4/c1-8-6-10(9(2)14-8)11(15)7-18-13(16)12-4-3-5-17-12/h6,12,14H,3-5,7H2,1-2H3. The first-order chi connectivity index (χ1) is 8.58. The van der Waals surface area contributed by atoms with Gasteiger partial charge in [0.25, 0.3) is 0 Å². The molecule has 0 saturated carbocycles. The van der Waals surface area contributed by atoms with E-state index in [9.17, 15) is 9.59 Å². The van der Waals surface area contributed by atoms with Crippen molar-refractivity contribution >= 4 is 11.8 Å². The zero-order valence-electron chi connectivity index (χ0n) is 10.6. The van der Waals surface area contributed by atoms with Gasteiger partial charge in [0, 0.05) is 23.6 Å². The molecule has 1 fully saturated rings. The van der Waals surface area contributed by atoms with Crippen LogP contribution in [0.2, 0.25) is 0 Å². The monoisotopic (exact) mass is 251 g/mol. The maximum Gasteiger partial charge on any atom is 0.335 e. The van der Waals surface area contributed by atoms with Gasteiger partial charge >= 0.3 is 5.97 Å². The van der Waals surface area contributed by atoms with Crippen molar-refractivity contribution in [1.29, 1.82) is 0 Å². The predicted octanol–water partition coefficient (Wildman–Crippen LogP) is 1.54. The third-order valence-electron chi connectivity index (χ3n) is 2.99. The highest BCUT2D eigenvalue weighted by Gasteiger charge is 2.26. The van der Waals surface area contributed by atoms with Crippen LogP contribution in [-0.2, 0) is 14.3 Å². The summed E-state index contributed by atoms with van der Waals surface area (Å²) in [6.45, 7) is 4.06. The van der Waals surface area contributed by atoms with Gasteiger partial charge in [-0.05, 0) is 32.8 Å². The lowest BCUT2D eigenvalue weighted by Crippen LogP contribution is -2.25. The summed E-state index contributed by atoms with van der Waals surface area (Å²) in [6.07, 6.45) is 1.05. The van der Waals surface area contributed by atoms with Gasteiger partial charge in [0.2, 0.25) is 5.78 Å². The molecule has 1 aliphatic heterocycles. The van der Waals surface area contributed by atoms with Crippen LogP contribution in [0.15, 0.2) is 6.07 Å². The first-order valence-corrected chi connectivity index (χ1v) is 6.05. The zero-order chi connectivity index (χ0) is 13.1. The van der Waals surface area contributed by atoms with E-state index >= 15 is 0 Å². The van der Waals surface area contributed by atoms with Crippen LogP contribution in [0.5, 0.6) is 0 Å². The Balaban J connectivity index is 1.88. The Labute approximate surface area is 105 Å². The quantitative estimate of drug-likeness (QED) is 0.651. The van der Waals surface area contributed by atoms with Crippen molar-refractivity contribution in [2.24, 2.45) is 0 Å². The number of hydrogen-bond acceptors (Lipinski definition) is 4. The average Bonchev–Trinajstić information content (AvgIpc) is 2.95. The summed E-state index contributed by atoms with van der Waals surface area (Å²) in [5.41, 5.74) is 2.29. The van der Waals surface area contributed by atoms with Crippen molar-refractivity contribution in [3.8, 4) is 0 Å². The number of nitrogens with one attached hydrogen (secondary N) is 1. The molecular formula is C13H17NO4. The molecule has 0 aromatic carbocycles. The van der Waals surface area contributed by atoms with Crippen molar-refractivity contribution in [1.82, 2.24) is 4.98 Å². The van der Waals surface area contributed by atoms with E-state index in [2.05, 4.69) is 4.98 Å². The summed E-state index contributed by atoms with van der Waals surface area (Å²) in [6, 6.07) is 1.76. The molecule has 0 aliphatic carbocycles. The van der Waals surface area contributed by atoms with E-state index in [1.807, 2.05) is 13.8 Å². The third kappa shape index (κ3) is 2.79. The van der Waals surface area contributed by atoms with Crippen LogP contribution in [0.1, 0.15) is 34.6 Å². The van der Waals surface area contributed by atoms with Gasteiger partial charge in [-0.25, -0.2) is 4.79 Å². The van der Waals surface area contributed by atoms with E-state index in [1.165, 1.54) is 0 Å². The molecule has 0 spiro atoms. The summed E-state index contributed by atoms with van der Waals surface area (Å²) in [5, 5.41) is 0. The normalized spacial score (nSPS) is 18.9. The maximum absolute atomic E-state index is 11.9. The topological polar surface area (TPSA) is 68.4 Å². The van der Waals surface area contributed by atoms with Gasteiger partial charge in [-0.3, -0.25) is 4.79 Å². The Hall–Kier alpha value is -1.62. The van der Waals surface area contributed by atoms with Crippen molar-refractivity contribution in [2.75, 3.05) is 13.2 Å². The fourth-order valence-electron chi connectivity index (χ4n) is 2.08. The van der Waals surface area contributed by atoms with Crippen molar-refractivity contribution in [3.63, 3.8) is 0 Å². The van der Waals surface area contributed by atoms with Crippen molar-refractivity contribution < 1.29 is 19.1 Å². The highest BCUT2D eigenvalue weighted by molar-refractivity contribution is 5.99. The molecule has 18 heavy (non-hydrogen) atoms. The molecule has 2 heterocycles. The van der Waals surface area contributed by atoms with Gasteiger partial charge in [0.1, 0.15) is 0 Å². The first kappa shape index (κ1) is 12.8. The van der Waals surface area contributed by atoms with Gasteiger partial charge < -0.3 is 14.5 Å². The third-order valence-corrected chi connectivity index (χ3v) is 2.99. The number of aryl methyl sites for hydroxylation is 2. The lowest BCUT2D eigenvalue weighted by Gasteiger charge is -2.08. The van der Waals surface area contributed by atoms with Crippen LogP contribution in [0.3, 0.4) is 0 Å². The molecule has 5 heteroatoms. The summed E-state index contributed by atoms with van der Waals surface area (Å²) >= 11 is 0. The molecule has 1 unspecified atom stereocenters. The number of carbonyl (C=O) groups excluding carboxylic acids is 2. The average molecular weight is 251 g/mol. The zero-order valence-corrected chi connectivity index (χ0v) is 10.6. The number of Topliss-reactive ketones (excluding diaryl/α,β-unsaturated/α-hetero) is 1. The Kier molecular flexibility index (Phi) is 3.81. The minimum absolute atomic E-state index is 0.191. The number of ether oxygens (including phenoxy) is 2. The van der Waals surface area contributed by atoms with Crippen LogP contribution < -0.4 is 0 Å². The summed E-state index contributed by atoms with van der Waals surface area (Å²) in [4.78, 5) is 26.5. The van der Waals surface area contributed by atoms with E-state index in [0.717, 1.165) is 17.8 Å². The number of carbonyl (C=O) groups is 2. The first-order valence-electron chi connectivity index (χ1n) is 6.05. The Morgan fingerprint density at radius 3 is 2.83 bits per heavy atom. The second-order valence-electron chi connectivity index (χ2n) is 4.52. The van der Waals surface area contributed by atoms with Gasteiger partial charge in [-0.1, -0.05) is 0 Å². The van der Waals surface area contributed by atoms with Crippen molar-refractivity contribution in [2.45, 2.75) is 32.8 Å². The van der Waals surface area contributed by atoms with Crippen LogP contribution in [0.4, 0.5) is 0 Å². The van der Waals surface area contributed by atoms with Crippen LogP contribution in [0, 0.1) is 13.8 Å². The maximum atomic E-state index is 11.9. The fraction of sp³-hybridized carbons (Fsp3) is 0.538. The second kappa shape index (κ2) is 5.35. The lowest BCUT2D eigenvalue weighted by atomic mass is 10.1. The molecule has 1 aliphatic rings. The molecule has 0 bridgehead atoms. The SMILES string of the molecule is Cc1cc(C(=O)COC(=O)C2CCCO2)c(C)[nH]1. The molecule has 1 aromatic rings. The predicted molar refractivity (Wildman–Crippen MR) is 64.5 cm³/mol. The minimum Gasteiger partial charge on any atom is -0.455 e. The summed E-state index contributed by atoms with van der Waals surface area (Å²) < 4.78 is 10.2. The van der Waals surface area contributed by atoms with Gasteiger partial charge in [0.05, 0.1) is 0 Å². The number of hydrogen-bond donors (Lipinski definition) is 1. The molecule has 5 nitrogen and oxygen atoms in total. The molecule has 1 aromatic heterocycles. The smallest absolute Gasteiger partial charge is 0.335 e. The molecule has 2 rings (SSSR count). The largest absolute Gasteiger partial charge is 0.455 e. The Morgan fingerprint density at radius 2 is 2.28 bits per heavy atom. The number of ketones is 1. The summed E-state index contributed by atoms with van der Waals surface area (Å²) in [5.74, 6) is -0.631. The summed E-state index contributed by atoms with van der Waals surface area (Å²) in [7, 11) is 0. The number of esters is 1. The lowest BCUT2D eigenvalue weighted by molar-refractivity contribution is -0.153. The minimum atomic E-state index is -0.494. The van der Waals surface area contributed by atoms with Crippen LogP contribution in [0.25, 0.3) is 0 Å². The number of aromatic nitrogens is 1.